The average Bonchev–Trinajstić information content (AvgIpc) is 2.36. The Labute approximate surface area is 131 Å². The van der Waals surface area contributed by atoms with E-state index in [4.69, 9.17) is 9.16 Å². The van der Waals surface area contributed by atoms with E-state index >= 15 is 0 Å². The van der Waals surface area contributed by atoms with Crippen molar-refractivity contribution in [3.63, 3.8) is 0 Å². The van der Waals surface area contributed by atoms with Gasteiger partial charge in [-0.25, -0.2) is 0 Å². The van der Waals surface area contributed by atoms with Crippen LogP contribution in [0.5, 0.6) is 0 Å². The van der Waals surface area contributed by atoms with Crippen LogP contribution in [0.25, 0.3) is 0 Å². The molecule has 0 heterocycles. The molecule has 0 aromatic carbocycles. The second-order valence-electron chi connectivity index (χ2n) is 6.37. The van der Waals surface area contributed by atoms with Gasteiger partial charge in [0.05, 0.1) is 6.10 Å². The Morgan fingerprint density at radius 3 is 1.90 bits per heavy atom. The van der Waals surface area contributed by atoms with Crippen molar-refractivity contribution in [1.29, 1.82) is 0 Å². The molecule has 0 aliphatic heterocycles. The molecule has 0 unspecified atom stereocenters. The summed E-state index contributed by atoms with van der Waals surface area (Å²) in [4.78, 5) is 10.8. The van der Waals surface area contributed by atoms with E-state index < -0.39 is 8.32 Å². The summed E-state index contributed by atoms with van der Waals surface area (Å²) < 4.78 is 11.5. The van der Waals surface area contributed by atoms with Crippen LogP contribution in [0.3, 0.4) is 0 Å². The summed E-state index contributed by atoms with van der Waals surface area (Å²) in [7, 11) is -1.92. The van der Waals surface area contributed by atoms with Crippen LogP contribution in [0, 0.1) is 0 Å². The van der Waals surface area contributed by atoms with Gasteiger partial charge in [0.25, 0.3) is 0 Å². The molecule has 0 spiro atoms. The van der Waals surface area contributed by atoms with E-state index in [1.807, 2.05) is 18.2 Å². The van der Waals surface area contributed by atoms with Crippen LogP contribution in [0.4, 0.5) is 0 Å². The van der Waals surface area contributed by atoms with Gasteiger partial charge in [-0.15, -0.1) is 6.58 Å². The third-order valence-corrected chi connectivity index (χ3v) is 10.1. The average molecular weight is 313 g/mol. The molecule has 0 fully saturated rings. The van der Waals surface area contributed by atoms with Gasteiger partial charge in [0.1, 0.15) is 6.61 Å². The molecule has 0 aromatic heterocycles. The monoisotopic (exact) mass is 312 g/mol. The molecule has 21 heavy (non-hydrogen) atoms. The zero-order valence-electron chi connectivity index (χ0n) is 14.7. The number of carbonyl (C=O) groups excluding carboxylic acids is 1. The van der Waals surface area contributed by atoms with Gasteiger partial charge in [-0.1, -0.05) is 53.7 Å². The second kappa shape index (κ2) is 9.21. The summed E-state index contributed by atoms with van der Waals surface area (Å²) >= 11 is 0. The number of esters is 1. The van der Waals surface area contributed by atoms with Crippen LogP contribution < -0.4 is 0 Å². The van der Waals surface area contributed by atoms with E-state index in [1.165, 1.54) is 6.92 Å². The first kappa shape index (κ1) is 20.1. The zero-order valence-corrected chi connectivity index (χ0v) is 15.7. The van der Waals surface area contributed by atoms with Gasteiger partial charge in [0.15, 0.2) is 0 Å². The van der Waals surface area contributed by atoms with Crippen LogP contribution in [-0.2, 0) is 14.0 Å². The van der Waals surface area contributed by atoms with E-state index in [-0.39, 0.29) is 18.7 Å². The predicted octanol–water partition coefficient (Wildman–Crippen LogP) is 4.85. The molecule has 1 atom stereocenters. The number of ether oxygens (including phenoxy) is 1. The molecule has 0 rings (SSSR count). The first-order chi connectivity index (χ1) is 9.68. The van der Waals surface area contributed by atoms with Crippen molar-refractivity contribution in [2.24, 2.45) is 0 Å². The van der Waals surface area contributed by atoms with E-state index in [1.54, 1.807) is 0 Å². The van der Waals surface area contributed by atoms with Crippen LogP contribution in [0.1, 0.15) is 48.5 Å². The minimum atomic E-state index is -1.92. The maximum Gasteiger partial charge on any atom is 0.302 e. The van der Waals surface area contributed by atoms with Crippen molar-refractivity contribution >= 4 is 14.3 Å². The van der Waals surface area contributed by atoms with Crippen LogP contribution >= 0.6 is 0 Å². The molecule has 0 N–H and O–H groups in total. The van der Waals surface area contributed by atoms with Crippen LogP contribution in [0.2, 0.25) is 16.6 Å². The Kier molecular flexibility index (Phi) is 8.82. The number of carbonyl (C=O) groups is 1. The quantitative estimate of drug-likeness (QED) is 0.347. The topological polar surface area (TPSA) is 35.5 Å². The lowest BCUT2D eigenvalue weighted by Gasteiger charge is -2.43. The van der Waals surface area contributed by atoms with Crippen LogP contribution in [0.15, 0.2) is 24.8 Å². The molecule has 122 valence electrons. The van der Waals surface area contributed by atoms with Gasteiger partial charge in [0, 0.05) is 6.92 Å². The smallest absolute Gasteiger partial charge is 0.302 e. The normalized spacial score (nSPS) is 14.2. The fourth-order valence-corrected chi connectivity index (χ4v) is 8.63. The maximum atomic E-state index is 10.8. The third-order valence-electron chi connectivity index (χ3n) is 3.99. The maximum absolute atomic E-state index is 10.8. The van der Waals surface area contributed by atoms with Crippen molar-refractivity contribution < 1.29 is 14.0 Å². The Bertz CT molecular complexity index is 337. The Hall–Kier alpha value is -0.873. The lowest BCUT2D eigenvalue weighted by Crippen LogP contribution is -2.49. The highest BCUT2D eigenvalue weighted by Gasteiger charge is 2.45. The summed E-state index contributed by atoms with van der Waals surface area (Å²) in [5, 5.41) is 0. The summed E-state index contributed by atoms with van der Waals surface area (Å²) in [6, 6.07) is 0. The number of rotatable bonds is 9. The van der Waals surface area contributed by atoms with Crippen molar-refractivity contribution in [1.82, 2.24) is 0 Å². The van der Waals surface area contributed by atoms with Gasteiger partial charge in [-0.2, -0.15) is 0 Å². The molecule has 0 bridgehead atoms. The van der Waals surface area contributed by atoms with Crippen molar-refractivity contribution in [3.8, 4) is 0 Å². The largest absolute Gasteiger partial charge is 0.462 e. The minimum Gasteiger partial charge on any atom is -0.462 e. The van der Waals surface area contributed by atoms with E-state index in [0.29, 0.717) is 16.6 Å². The van der Waals surface area contributed by atoms with Gasteiger partial charge in [0.2, 0.25) is 8.32 Å². The second-order valence-corrected chi connectivity index (χ2v) is 11.8. The fourth-order valence-electron chi connectivity index (χ4n) is 3.17. The number of hydrogen-bond donors (Lipinski definition) is 0. The molecular weight excluding hydrogens is 280 g/mol. The minimum absolute atomic E-state index is 0.126. The molecule has 0 radical (unpaired) electrons. The summed E-state index contributed by atoms with van der Waals surface area (Å²) in [5.41, 5.74) is 1.59. The first-order valence-electron chi connectivity index (χ1n) is 7.78. The Balaban J connectivity index is 5.03. The third kappa shape index (κ3) is 5.79. The molecular formula is C17H32O3Si. The first-order valence-corrected chi connectivity index (χ1v) is 9.92. The molecule has 0 saturated carbocycles. The predicted molar refractivity (Wildman–Crippen MR) is 91.9 cm³/mol. The van der Waals surface area contributed by atoms with E-state index in [0.717, 1.165) is 0 Å². The zero-order chi connectivity index (χ0) is 16.6. The molecule has 0 aliphatic rings. The summed E-state index contributed by atoms with van der Waals surface area (Å²) in [5.74, 6) is -0.272. The highest BCUT2D eigenvalue weighted by atomic mass is 28.4. The number of hydrogen-bond acceptors (Lipinski definition) is 3. The molecule has 0 saturated heterocycles. The Morgan fingerprint density at radius 2 is 1.57 bits per heavy atom. The standard InChI is InChI=1S/C17H32O3Si/c1-9-17(11-10-12-19-16(8)18)20-21(13(2)3,14(4)5)15(6)7/h9-11,13-15,17H,1,12H2,2-8H3/b11-10+/t17-/m1/s1. The van der Waals surface area contributed by atoms with Gasteiger partial charge >= 0.3 is 5.97 Å². The highest BCUT2D eigenvalue weighted by molar-refractivity contribution is 6.77. The SMILES string of the molecule is C=C[C@H](/C=C/COC(C)=O)O[Si](C(C)C)(C(C)C)C(C)C. The van der Waals surface area contributed by atoms with Crippen molar-refractivity contribution in [3.05, 3.63) is 24.8 Å². The van der Waals surface area contributed by atoms with Gasteiger partial charge in [-0.05, 0) is 22.7 Å². The van der Waals surface area contributed by atoms with E-state index in [9.17, 15) is 4.79 Å². The molecule has 0 amide bonds. The van der Waals surface area contributed by atoms with Crippen LogP contribution in [-0.4, -0.2) is 27.0 Å². The van der Waals surface area contributed by atoms with Gasteiger partial charge < -0.3 is 9.16 Å². The summed E-state index contributed by atoms with van der Waals surface area (Å²) in [6.07, 6.45) is 5.46. The van der Waals surface area contributed by atoms with E-state index in [2.05, 4.69) is 48.1 Å². The molecule has 4 heteroatoms. The van der Waals surface area contributed by atoms with Gasteiger partial charge in [-0.3, -0.25) is 4.79 Å². The molecule has 3 nitrogen and oxygen atoms in total. The highest BCUT2D eigenvalue weighted by Crippen LogP contribution is 2.43. The fraction of sp³-hybridized carbons (Fsp3) is 0.706. The van der Waals surface area contributed by atoms with Crippen molar-refractivity contribution in [2.45, 2.75) is 71.2 Å². The summed E-state index contributed by atoms with van der Waals surface area (Å²) in [6.45, 7) is 19.1. The lowest BCUT2D eigenvalue weighted by molar-refractivity contribution is -0.139. The van der Waals surface area contributed by atoms with Crippen molar-refractivity contribution in [2.75, 3.05) is 6.61 Å². The Morgan fingerprint density at radius 1 is 1.10 bits per heavy atom. The molecule has 0 aromatic rings. The molecule has 0 aliphatic carbocycles. The lowest BCUT2D eigenvalue weighted by atomic mass is 10.3.